The number of hydrogen-bond donors (Lipinski definition) is 1. The number of nitrogens with one attached hydrogen (secondary N) is 1. The van der Waals surface area contributed by atoms with E-state index >= 15 is 0 Å². The quantitative estimate of drug-likeness (QED) is 0.917. The first-order valence-electron chi connectivity index (χ1n) is 6.40. The van der Waals surface area contributed by atoms with Crippen molar-refractivity contribution < 1.29 is 0 Å². The van der Waals surface area contributed by atoms with Crippen LogP contribution in [0, 0.1) is 0 Å². The normalized spacial score (nSPS) is 14.6. The molecule has 0 bridgehead atoms. The number of fused-ring (bicyclic) bond motifs is 1. The third-order valence-corrected chi connectivity index (χ3v) is 3.73. The number of rotatable bonds is 2. The fraction of sp³-hybridized carbons (Fsp3) is 0.200. The Bertz CT molecular complexity index is 721. The standard InChI is InChI=1S/C15H15BrN4/c1-17-15-12-6-5-11(16)8-13(12)18-14(19-15)10-4-3-7-20(2)9-10/h3-8H,9H2,1-2H3,(H,17,18,19). The Morgan fingerprint density at radius 1 is 1.30 bits per heavy atom. The van der Waals surface area contributed by atoms with Gasteiger partial charge in [-0.2, -0.15) is 0 Å². The van der Waals surface area contributed by atoms with Crippen LogP contribution in [-0.2, 0) is 0 Å². The summed E-state index contributed by atoms with van der Waals surface area (Å²) >= 11 is 3.49. The lowest BCUT2D eigenvalue weighted by Gasteiger charge is -2.19. The minimum atomic E-state index is 0.774. The van der Waals surface area contributed by atoms with Crippen molar-refractivity contribution in [1.82, 2.24) is 14.9 Å². The first-order chi connectivity index (χ1) is 9.67. The second-order valence-electron chi connectivity index (χ2n) is 4.76. The number of likely N-dealkylation sites (N-methyl/N-ethyl adjacent to an activating group) is 1. The average molecular weight is 331 g/mol. The molecule has 2 aromatic rings. The summed E-state index contributed by atoms with van der Waals surface area (Å²) in [4.78, 5) is 11.4. The molecule has 102 valence electrons. The summed E-state index contributed by atoms with van der Waals surface area (Å²) in [5.41, 5.74) is 2.06. The first kappa shape index (κ1) is 13.1. The van der Waals surface area contributed by atoms with Crippen molar-refractivity contribution in [2.24, 2.45) is 0 Å². The third-order valence-electron chi connectivity index (χ3n) is 3.24. The van der Waals surface area contributed by atoms with Crippen molar-refractivity contribution in [2.75, 3.05) is 26.0 Å². The monoisotopic (exact) mass is 330 g/mol. The number of halogens is 1. The second-order valence-corrected chi connectivity index (χ2v) is 5.67. The summed E-state index contributed by atoms with van der Waals surface area (Å²) in [7, 11) is 3.93. The summed E-state index contributed by atoms with van der Waals surface area (Å²) in [6, 6.07) is 6.04. The Labute approximate surface area is 126 Å². The molecule has 5 heteroatoms. The fourth-order valence-electron chi connectivity index (χ4n) is 2.26. The molecule has 1 aliphatic rings. The molecule has 0 unspecified atom stereocenters. The molecule has 0 amide bonds. The van der Waals surface area contributed by atoms with Gasteiger partial charge in [0.15, 0.2) is 5.82 Å². The molecule has 1 aromatic heterocycles. The molecule has 1 N–H and O–H groups in total. The summed E-state index contributed by atoms with van der Waals surface area (Å²) < 4.78 is 1.02. The highest BCUT2D eigenvalue weighted by atomic mass is 79.9. The van der Waals surface area contributed by atoms with E-state index in [2.05, 4.69) is 37.2 Å². The molecule has 1 aliphatic heterocycles. The van der Waals surface area contributed by atoms with Crippen LogP contribution < -0.4 is 5.32 Å². The van der Waals surface area contributed by atoms with E-state index in [1.54, 1.807) is 0 Å². The van der Waals surface area contributed by atoms with Gasteiger partial charge in [0.2, 0.25) is 0 Å². The fourth-order valence-corrected chi connectivity index (χ4v) is 2.61. The molecular formula is C15H15BrN4. The molecule has 0 saturated carbocycles. The number of hydrogen-bond acceptors (Lipinski definition) is 4. The minimum absolute atomic E-state index is 0.774. The van der Waals surface area contributed by atoms with E-state index in [-0.39, 0.29) is 0 Å². The molecule has 0 atom stereocenters. The van der Waals surface area contributed by atoms with Crippen molar-refractivity contribution in [3.05, 3.63) is 46.8 Å². The Kier molecular flexibility index (Phi) is 3.44. The molecule has 4 nitrogen and oxygen atoms in total. The van der Waals surface area contributed by atoms with Gasteiger partial charge in [0.05, 0.1) is 5.52 Å². The summed E-state index contributed by atoms with van der Waals surface area (Å²) in [5.74, 6) is 1.63. The average Bonchev–Trinajstić information content (AvgIpc) is 2.45. The third kappa shape index (κ3) is 2.41. The maximum atomic E-state index is 4.69. The summed E-state index contributed by atoms with van der Waals surface area (Å²) in [6.45, 7) is 0.819. The molecule has 0 radical (unpaired) electrons. The van der Waals surface area contributed by atoms with Crippen LogP contribution in [0.2, 0.25) is 0 Å². The van der Waals surface area contributed by atoms with E-state index in [1.165, 1.54) is 0 Å². The molecule has 0 spiro atoms. The van der Waals surface area contributed by atoms with Gasteiger partial charge in [0.1, 0.15) is 5.82 Å². The van der Waals surface area contributed by atoms with Gasteiger partial charge in [-0.15, -0.1) is 0 Å². The Morgan fingerprint density at radius 3 is 2.90 bits per heavy atom. The van der Waals surface area contributed by atoms with Gasteiger partial charge < -0.3 is 10.2 Å². The highest BCUT2D eigenvalue weighted by molar-refractivity contribution is 9.10. The molecule has 2 heterocycles. The Hall–Kier alpha value is -1.88. The lowest BCUT2D eigenvalue weighted by atomic mass is 10.1. The van der Waals surface area contributed by atoms with E-state index in [9.17, 15) is 0 Å². The lowest BCUT2D eigenvalue weighted by Crippen LogP contribution is -2.17. The predicted molar refractivity (Wildman–Crippen MR) is 86.5 cm³/mol. The van der Waals surface area contributed by atoms with Crippen molar-refractivity contribution in [3.8, 4) is 0 Å². The SMILES string of the molecule is CNc1nc(C2=CC=CN(C)C2)nc2cc(Br)ccc12. The number of anilines is 1. The molecule has 1 aromatic carbocycles. The zero-order chi connectivity index (χ0) is 14.1. The smallest absolute Gasteiger partial charge is 0.159 e. The van der Waals surface area contributed by atoms with Gasteiger partial charge in [0.25, 0.3) is 0 Å². The van der Waals surface area contributed by atoms with Crippen LogP contribution in [0.3, 0.4) is 0 Å². The molecule has 0 saturated heterocycles. The summed E-state index contributed by atoms with van der Waals surface area (Å²) in [6.07, 6.45) is 6.13. The number of aromatic nitrogens is 2. The van der Waals surface area contributed by atoms with E-state index in [1.807, 2.05) is 44.6 Å². The Balaban J connectivity index is 2.17. The van der Waals surface area contributed by atoms with E-state index in [0.717, 1.165) is 39.1 Å². The van der Waals surface area contributed by atoms with Gasteiger partial charge in [-0.1, -0.05) is 22.0 Å². The van der Waals surface area contributed by atoms with Crippen LogP contribution in [0.1, 0.15) is 5.82 Å². The van der Waals surface area contributed by atoms with Gasteiger partial charge in [-0.25, -0.2) is 9.97 Å². The maximum Gasteiger partial charge on any atom is 0.159 e. The van der Waals surface area contributed by atoms with Crippen molar-refractivity contribution >= 4 is 38.2 Å². The highest BCUT2D eigenvalue weighted by Crippen LogP contribution is 2.26. The van der Waals surface area contributed by atoms with Gasteiger partial charge in [-0.3, -0.25) is 0 Å². The van der Waals surface area contributed by atoms with Crippen LogP contribution >= 0.6 is 15.9 Å². The predicted octanol–water partition coefficient (Wildman–Crippen LogP) is 3.28. The largest absolute Gasteiger partial charge is 0.376 e. The molecule has 3 rings (SSSR count). The van der Waals surface area contributed by atoms with Gasteiger partial charge >= 0.3 is 0 Å². The van der Waals surface area contributed by atoms with Crippen LogP contribution in [0.15, 0.2) is 41.0 Å². The number of benzene rings is 1. The lowest BCUT2D eigenvalue weighted by molar-refractivity contribution is 0.511. The van der Waals surface area contributed by atoms with Gasteiger partial charge in [-0.05, 0) is 30.5 Å². The van der Waals surface area contributed by atoms with E-state index in [4.69, 9.17) is 4.98 Å². The molecule has 0 fully saturated rings. The maximum absolute atomic E-state index is 4.69. The van der Waals surface area contributed by atoms with Crippen LogP contribution in [0.4, 0.5) is 5.82 Å². The van der Waals surface area contributed by atoms with Crippen LogP contribution in [-0.4, -0.2) is 35.5 Å². The minimum Gasteiger partial charge on any atom is -0.376 e. The molecule has 0 aliphatic carbocycles. The van der Waals surface area contributed by atoms with Gasteiger partial charge in [0, 0.05) is 36.1 Å². The van der Waals surface area contributed by atoms with E-state index < -0.39 is 0 Å². The topological polar surface area (TPSA) is 41.1 Å². The van der Waals surface area contributed by atoms with Crippen LogP contribution in [0.5, 0.6) is 0 Å². The highest BCUT2D eigenvalue weighted by Gasteiger charge is 2.13. The Morgan fingerprint density at radius 2 is 2.15 bits per heavy atom. The zero-order valence-corrected chi connectivity index (χ0v) is 13.0. The van der Waals surface area contributed by atoms with Crippen molar-refractivity contribution in [3.63, 3.8) is 0 Å². The molecule has 20 heavy (non-hydrogen) atoms. The van der Waals surface area contributed by atoms with Crippen LogP contribution in [0.25, 0.3) is 16.5 Å². The zero-order valence-electron chi connectivity index (χ0n) is 11.4. The summed E-state index contributed by atoms with van der Waals surface area (Å²) in [5, 5.41) is 4.18. The molecular weight excluding hydrogens is 316 g/mol. The van der Waals surface area contributed by atoms with Crippen molar-refractivity contribution in [1.29, 1.82) is 0 Å². The second kappa shape index (κ2) is 5.25. The number of nitrogens with zero attached hydrogens (tertiary/aromatic N) is 3. The van der Waals surface area contributed by atoms with E-state index in [0.29, 0.717) is 0 Å². The first-order valence-corrected chi connectivity index (χ1v) is 7.19. The van der Waals surface area contributed by atoms with Crippen molar-refractivity contribution in [2.45, 2.75) is 0 Å². The number of allylic oxidation sites excluding steroid dienone is 2.